The summed E-state index contributed by atoms with van der Waals surface area (Å²) < 4.78 is 35.9. The molecule has 7 heteroatoms. The van der Waals surface area contributed by atoms with Gasteiger partial charge in [0.05, 0.1) is 0 Å². The van der Waals surface area contributed by atoms with Gasteiger partial charge in [-0.15, -0.1) is 0 Å². The average Bonchev–Trinajstić information content (AvgIpc) is 2.79. The van der Waals surface area contributed by atoms with Crippen molar-refractivity contribution in [2.75, 3.05) is 0 Å². The number of fused-ring (bicyclic) bond motifs is 2. The Hall–Kier alpha value is -2.43. The van der Waals surface area contributed by atoms with Crippen molar-refractivity contribution in [2.45, 2.75) is 38.8 Å². The maximum atomic E-state index is 14.7. The second kappa shape index (κ2) is 8.74. The zero-order valence-corrected chi connectivity index (χ0v) is 21.1. The Bertz CT molecular complexity index is 1230. The Morgan fingerprint density at radius 2 is 0.970 bits per heavy atom. The van der Waals surface area contributed by atoms with Gasteiger partial charge in [0.2, 0.25) is 0 Å². The van der Waals surface area contributed by atoms with Crippen molar-refractivity contribution >= 4 is 49.0 Å². The molecule has 0 fully saturated rings. The highest BCUT2D eigenvalue weighted by molar-refractivity contribution is 6.99. The number of hydrogen-bond acceptors (Lipinski definition) is 3. The first-order chi connectivity index (χ1) is 15.6. The van der Waals surface area contributed by atoms with E-state index in [0.717, 1.165) is 0 Å². The van der Waals surface area contributed by atoms with Gasteiger partial charge >= 0.3 is 17.1 Å². The SMILES string of the molecule is CC(C)[Si](O)(O[Si](O)(c1ccc(F)c2ccccc12)c1ccc(F)c2ccccc12)C(C)C. The lowest BCUT2D eigenvalue weighted by Gasteiger charge is -2.40. The van der Waals surface area contributed by atoms with E-state index in [1.807, 2.05) is 27.7 Å². The zero-order valence-electron chi connectivity index (χ0n) is 19.1. The fraction of sp³-hybridized carbons (Fsp3) is 0.231. The molecule has 0 spiro atoms. The highest BCUT2D eigenvalue weighted by atomic mass is 28.5. The molecule has 0 saturated heterocycles. The molecule has 4 aromatic carbocycles. The first kappa shape index (κ1) is 23.7. The molecule has 0 atom stereocenters. The lowest BCUT2D eigenvalue weighted by atomic mass is 10.1. The molecule has 0 amide bonds. The van der Waals surface area contributed by atoms with E-state index in [9.17, 15) is 18.4 Å². The molecule has 4 rings (SSSR count). The molecule has 0 radical (unpaired) electrons. The zero-order chi connectivity index (χ0) is 24.0. The normalized spacial score (nSPS) is 12.9. The highest BCUT2D eigenvalue weighted by Gasteiger charge is 2.53. The molecule has 0 saturated carbocycles. The summed E-state index contributed by atoms with van der Waals surface area (Å²) >= 11 is 0. The third-order valence-corrected chi connectivity index (χ3v) is 14.6. The van der Waals surface area contributed by atoms with E-state index in [1.165, 1.54) is 24.3 Å². The summed E-state index contributed by atoms with van der Waals surface area (Å²) in [6, 6.07) is 19.5. The molecular weight excluding hydrogens is 454 g/mol. The van der Waals surface area contributed by atoms with Crippen LogP contribution in [0.5, 0.6) is 0 Å². The molecule has 3 nitrogen and oxygen atoms in total. The molecule has 0 bridgehead atoms. The van der Waals surface area contributed by atoms with E-state index >= 15 is 0 Å². The Morgan fingerprint density at radius 3 is 1.33 bits per heavy atom. The monoisotopic (exact) mass is 482 g/mol. The van der Waals surface area contributed by atoms with Crippen LogP contribution in [-0.4, -0.2) is 26.7 Å². The van der Waals surface area contributed by atoms with Crippen LogP contribution in [0.4, 0.5) is 8.78 Å². The van der Waals surface area contributed by atoms with Crippen molar-refractivity contribution in [2.24, 2.45) is 0 Å². The Kier molecular flexibility index (Phi) is 6.28. The van der Waals surface area contributed by atoms with Crippen LogP contribution < -0.4 is 10.4 Å². The summed E-state index contributed by atoms with van der Waals surface area (Å²) in [5, 5.41) is 2.62. The largest absolute Gasteiger partial charge is 0.411 e. The molecule has 172 valence electrons. The van der Waals surface area contributed by atoms with Crippen molar-refractivity contribution in [1.29, 1.82) is 0 Å². The molecule has 33 heavy (non-hydrogen) atoms. The van der Waals surface area contributed by atoms with E-state index < -0.39 is 28.8 Å². The third kappa shape index (κ3) is 3.94. The van der Waals surface area contributed by atoms with Crippen LogP contribution >= 0.6 is 0 Å². The van der Waals surface area contributed by atoms with Crippen LogP contribution in [0.25, 0.3) is 21.5 Å². The van der Waals surface area contributed by atoms with Gasteiger partial charge in [0.1, 0.15) is 11.6 Å². The third-order valence-electron chi connectivity index (χ3n) is 6.44. The van der Waals surface area contributed by atoms with Gasteiger partial charge < -0.3 is 13.7 Å². The summed E-state index contributed by atoms with van der Waals surface area (Å²) in [6.45, 7) is 7.53. The molecule has 0 heterocycles. The Morgan fingerprint density at radius 1 is 0.606 bits per heavy atom. The van der Waals surface area contributed by atoms with E-state index in [1.54, 1.807) is 48.5 Å². The average molecular weight is 483 g/mol. The summed E-state index contributed by atoms with van der Waals surface area (Å²) in [4.78, 5) is 24.2. The molecule has 0 aromatic heterocycles. The van der Waals surface area contributed by atoms with Crippen molar-refractivity contribution in [3.05, 3.63) is 84.4 Å². The molecule has 0 aliphatic carbocycles. The van der Waals surface area contributed by atoms with Gasteiger partial charge in [0, 0.05) is 21.1 Å². The molecule has 2 N–H and O–H groups in total. The minimum atomic E-state index is -4.16. The van der Waals surface area contributed by atoms with Gasteiger partial charge in [0.25, 0.3) is 0 Å². The van der Waals surface area contributed by atoms with Crippen LogP contribution in [0, 0.1) is 11.6 Å². The summed E-state index contributed by atoms with van der Waals surface area (Å²) in [5.41, 5.74) is -0.426. The van der Waals surface area contributed by atoms with E-state index in [-0.39, 0.29) is 11.1 Å². The second-order valence-corrected chi connectivity index (χ2v) is 16.1. The van der Waals surface area contributed by atoms with Crippen LogP contribution in [0.15, 0.2) is 72.8 Å². The minimum absolute atomic E-state index is 0.213. The molecule has 0 unspecified atom stereocenters. The summed E-state index contributed by atoms with van der Waals surface area (Å²) in [7, 11) is -7.64. The predicted octanol–water partition coefficient (Wildman–Crippen LogP) is 5.09. The summed E-state index contributed by atoms with van der Waals surface area (Å²) in [5.74, 6) is -0.815. The van der Waals surface area contributed by atoms with Crippen molar-refractivity contribution in [3.63, 3.8) is 0 Å². The van der Waals surface area contributed by atoms with Gasteiger partial charge in [-0.1, -0.05) is 88.4 Å². The Labute approximate surface area is 194 Å². The lowest BCUT2D eigenvalue weighted by Crippen LogP contribution is -2.68. The molecular formula is C26H28F2O3Si2. The maximum Gasteiger partial charge on any atom is 0.396 e. The molecule has 4 aromatic rings. The quantitative estimate of drug-likeness (QED) is 0.376. The van der Waals surface area contributed by atoms with Gasteiger partial charge in [-0.25, -0.2) is 8.78 Å². The van der Waals surface area contributed by atoms with E-state index in [0.29, 0.717) is 31.9 Å². The smallest absolute Gasteiger partial charge is 0.396 e. The van der Waals surface area contributed by atoms with Crippen molar-refractivity contribution < 1.29 is 22.5 Å². The van der Waals surface area contributed by atoms with E-state index in [2.05, 4.69) is 0 Å². The maximum absolute atomic E-state index is 14.7. The first-order valence-electron chi connectivity index (χ1n) is 11.1. The Balaban J connectivity index is 2.10. The topological polar surface area (TPSA) is 49.7 Å². The van der Waals surface area contributed by atoms with Gasteiger partial charge in [-0.3, -0.25) is 0 Å². The summed E-state index contributed by atoms with van der Waals surface area (Å²) in [6.07, 6.45) is 0. The predicted molar refractivity (Wildman–Crippen MR) is 134 cm³/mol. The molecule has 0 aliphatic rings. The van der Waals surface area contributed by atoms with Crippen LogP contribution in [-0.2, 0) is 4.12 Å². The molecule has 0 aliphatic heterocycles. The first-order valence-corrected chi connectivity index (χ1v) is 15.0. The van der Waals surface area contributed by atoms with Crippen molar-refractivity contribution in [3.8, 4) is 0 Å². The minimum Gasteiger partial charge on any atom is -0.411 e. The van der Waals surface area contributed by atoms with Gasteiger partial charge in [-0.05, 0) is 34.0 Å². The second-order valence-electron chi connectivity index (χ2n) is 9.09. The van der Waals surface area contributed by atoms with Crippen LogP contribution in [0.1, 0.15) is 27.7 Å². The fourth-order valence-electron chi connectivity index (χ4n) is 4.51. The van der Waals surface area contributed by atoms with Crippen LogP contribution in [0.3, 0.4) is 0 Å². The van der Waals surface area contributed by atoms with Crippen LogP contribution in [0.2, 0.25) is 11.1 Å². The standard InChI is InChI=1S/C26H28F2O3Si2/c1-17(2)32(29,18(3)4)31-33(30,25-15-13-23(27)19-9-5-7-11-21(19)25)26-16-14-24(28)20-10-6-8-12-22(20)26/h5-18,29-30H,1-4H3. The fourth-order valence-corrected chi connectivity index (χ4v) is 12.6. The number of halogens is 2. The number of benzene rings is 4. The van der Waals surface area contributed by atoms with Gasteiger partial charge in [0.15, 0.2) is 0 Å². The van der Waals surface area contributed by atoms with E-state index in [4.69, 9.17) is 4.12 Å². The number of hydrogen-bond donors (Lipinski definition) is 2. The number of rotatable bonds is 6. The van der Waals surface area contributed by atoms with Gasteiger partial charge in [-0.2, -0.15) is 0 Å². The highest BCUT2D eigenvalue weighted by Crippen LogP contribution is 2.34. The van der Waals surface area contributed by atoms with Crippen molar-refractivity contribution in [1.82, 2.24) is 0 Å². The lowest BCUT2D eigenvalue weighted by molar-refractivity contribution is 0.298.